The number of amides is 2. The number of aliphatic hydroxyl groups is 1. The molecule has 39 heavy (non-hydrogen) atoms. The van der Waals surface area contributed by atoms with Crippen LogP contribution < -0.4 is 10.6 Å². The fourth-order valence-corrected chi connectivity index (χ4v) is 4.47. The van der Waals surface area contributed by atoms with Crippen molar-refractivity contribution in [2.75, 3.05) is 51.0 Å². The number of aromatic carboxylic acids is 1. The highest BCUT2D eigenvalue weighted by molar-refractivity contribution is 6.37. The van der Waals surface area contributed by atoms with Crippen molar-refractivity contribution in [1.82, 2.24) is 9.80 Å². The van der Waals surface area contributed by atoms with Crippen molar-refractivity contribution in [2.45, 2.75) is 6.92 Å². The molecule has 0 radical (unpaired) electrons. The second-order valence-electron chi connectivity index (χ2n) is 9.61. The molecule has 3 aromatic carbocycles. The zero-order valence-electron chi connectivity index (χ0n) is 22.2. The fraction of sp³-hybridized carbons (Fsp3) is 0.233. The van der Waals surface area contributed by atoms with Crippen molar-refractivity contribution in [3.63, 3.8) is 0 Å². The Morgan fingerprint density at radius 1 is 0.923 bits per heavy atom. The Balaban J connectivity index is 1.70. The van der Waals surface area contributed by atoms with E-state index in [1.165, 1.54) is 6.07 Å². The molecule has 0 aromatic heterocycles. The van der Waals surface area contributed by atoms with Gasteiger partial charge in [0.1, 0.15) is 0 Å². The van der Waals surface area contributed by atoms with E-state index in [0.717, 1.165) is 5.56 Å². The average molecular weight is 529 g/mol. The second-order valence-corrected chi connectivity index (χ2v) is 9.61. The van der Waals surface area contributed by atoms with Crippen LogP contribution in [0.4, 0.5) is 11.4 Å². The van der Waals surface area contributed by atoms with E-state index in [1.54, 1.807) is 42.2 Å². The topological polar surface area (TPSA) is 122 Å². The summed E-state index contributed by atoms with van der Waals surface area (Å²) < 4.78 is 0. The molecule has 0 bridgehead atoms. The van der Waals surface area contributed by atoms with Gasteiger partial charge in [-0.15, -0.1) is 0 Å². The standard InChI is InChI=1S/C30H32N4O5/c1-19-17-24-25(18-23(19)30(38)39)32-28(36)26(24)27(20-7-5-4-6-8-20)31-22-11-9-21(10-12-22)29(37)34(15-16-35)14-13-33(2)3/h4-12,17-18,31,35H,13-16H2,1-3H3,(H,32,36)(H,38,39). The third-order valence-electron chi connectivity index (χ3n) is 6.53. The summed E-state index contributed by atoms with van der Waals surface area (Å²) in [5.41, 5.74) is 4.61. The van der Waals surface area contributed by atoms with E-state index in [0.29, 0.717) is 52.4 Å². The molecule has 2 amide bonds. The number of rotatable bonds is 10. The molecule has 0 saturated carbocycles. The van der Waals surface area contributed by atoms with Crippen molar-refractivity contribution in [3.05, 3.63) is 94.5 Å². The molecule has 9 heteroatoms. The Labute approximate surface area is 227 Å². The Kier molecular flexibility index (Phi) is 8.43. The maximum absolute atomic E-state index is 13.2. The van der Waals surface area contributed by atoms with Gasteiger partial charge in [-0.3, -0.25) is 9.59 Å². The van der Waals surface area contributed by atoms with Crippen molar-refractivity contribution >= 4 is 40.4 Å². The summed E-state index contributed by atoms with van der Waals surface area (Å²) in [6.45, 7) is 3.00. The highest BCUT2D eigenvalue weighted by Gasteiger charge is 2.30. The normalized spacial score (nSPS) is 13.6. The number of aryl methyl sites for hydroxylation is 1. The van der Waals surface area contributed by atoms with Gasteiger partial charge in [-0.25, -0.2) is 4.79 Å². The predicted octanol–water partition coefficient (Wildman–Crippen LogP) is 3.62. The lowest BCUT2D eigenvalue weighted by Gasteiger charge is -2.24. The summed E-state index contributed by atoms with van der Waals surface area (Å²) in [6.07, 6.45) is 0. The molecule has 1 aliphatic rings. The zero-order chi connectivity index (χ0) is 28.1. The molecule has 0 atom stereocenters. The minimum Gasteiger partial charge on any atom is -0.478 e. The summed E-state index contributed by atoms with van der Waals surface area (Å²) in [5.74, 6) is -1.57. The van der Waals surface area contributed by atoms with Crippen LogP contribution in [0.25, 0.3) is 11.3 Å². The highest BCUT2D eigenvalue weighted by Crippen LogP contribution is 2.39. The van der Waals surface area contributed by atoms with Gasteiger partial charge in [-0.2, -0.15) is 0 Å². The SMILES string of the molecule is Cc1cc2c(cc1C(=O)O)NC(=O)C2=C(Nc1ccc(C(=O)N(CCO)CCN(C)C)cc1)c1ccccc1. The van der Waals surface area contributed by atoms with Crippen molar-refractivity contribution in [2.24, 2.45) is 0 Å². The molecule has 0 unspecified atom stereocenters. The molecule has 0 saturated heterocycles. The molecule has 9 nitrogen and oxygen atoms in total. The predicted molar refractivity (Wildman–Crippen MR) is 152 cm³/mol. The molecule has 0 fully saturated rings. The minimum absolute atomic E-state index is 0.121. The Morgan fingerprint density at radius 3 is 2.23 bits per heavy atom. The molecular formula is C30H32N4O5. The first-order valence-electron chi connectivity index (χ1n) is 12.6. The number of nitrogens with one attached hydrogen (secondary N) is 2. The van der Waals surface area contributed by atoms with Gasteiger partial charge in [0.05, 0.1) is 29.1 Å². The number of likely N-dealkylation sites (N-methyl/N-ethyl adjacent to an activating group) is 1. The van der Waals surface area contributed by atoms with Gasteiger partial charge in [0, 0.05) is 36.4 Å². The summed E-state index contributed by atoms with van der Waals surface area (Å²) >= 11 is 0. The van der Waals surface area contributed by atoms with Gasteiger partial charge in [0.25, 0.3) is 11.8 Å². The lowest BCUT2D eigenvalue weighted by atomic mass is 9.96. The van der Waals surface area contributed by atoms with Crippen LogP contribution in [-0.2, 0) is 4.79 Å². The number of fused-ring (bicyclic) bond motifs is 1. The number of carboxylic acid groups (broad SMARTS) is 1. The monoisotopic (exact) mass is 528 g/mol. The van der Waals surface area contributed by atoms with Crippen LogP contribution in [0.2, 0.25) is 0 Å². The molecule has 0 spiro atoms. The van der Waals surface area contributed by atoms with Crippen LogP contribution in [0.15, 0.2) is 66.7 Å². The lowest BCUT2D eigenvalue weighted by molar-refractivity contribution is -0.110. The summed E-state index contributed by atoms with van der Waals surface area (Å²) in [4.78, 5) is 41.5. The Hall–Kier alpha value is -4.47. The van der Waals surface area contributed by atoms with Gasteiger partial charge in [0.2, 0.25) is 0 Å². The van der Waals surface area contributed by atoms with Crippen molar-refractivity contribution in [1.29, 1.82) is 0 Å². The molecule has 1 heterocycles. The number of nitrogens with zero attached hydrogens (tertiary/aromatic N) is 2. The number of carbonyl (C=O) groups is 3. The van der Waals surface area contributed by atoms with Gasteiger partial charge >= 0.3 is 5.97 Å². The number of aliphatic hydroxyl groups excluding tert-OH is 1. The zero-order valence-corrected chi connectivity index (χ0v) is 22.2. The molecule has 0 aliphatic carbocycles. The van der Waals surface area contributed by atoms with Crippen LogP contribution >= 0.6 is 0 Å². The van der Waals surface area contributed by atoms with Gasteiger partial charge in [-0.05, 0) is 68.5 Å². The van der Waals surface area contributed by atoms with Crippen LogP contribution in [-0.4, -0.2) is 78.1 Å². The number of hydrogen-bond acceptors (Lipinski definition) is 6. The highest BCUT2D eigenvalue weighted by atomic mass is 16.4. The maximum atomic E-state index is 13.2. The van der Waals surface area contributed by atoms with Gasteiger partial charge in [0.15, 0.2) is 0 Å². The van der Waals surface area contributed by atoms with Gasteiger partial charge < -0.3 is 30.6 Å². The minimum atomic E-state index is -1.06. The van der Waals surface area contributed by atoms with Gasteiger partial charge in [-0.1, -0.05) is 30.3 Å². The smallest absolute Gasteiger partial charge is 0.336 e. The first kappa shape index (κ1) is 27.6. The van der Waals surface area contributed by atoms with Crippen LogP contribution in [0, 0.1) is 6.92 Å². The quantitative estimate of drug-likeness (QED) is 0.297. The fourth-order valence-electron chi connectivity index (χ4n) is 4.47. The molecule has 4 N–H and O–H groups in total. The number of carboxylic acids is 1. The van der Waals surface area contributed by atoms with E-state index in [2.05, 4.69) is 10.6 Å². The maximum Gasteiger partial charge on any atom is 0.336 e. The molecule has 3 aromatic rings. The number of anilines is 2. The summed E-state index contributed by atoms with van der Waals surface area (Å²) in [6, 6.07) is 19.5. The average Bonchev–Trinajstić information content (AvgIpc) is 3.23. The van der Waals surface area contributed by atoms with Crippen LogP contribution in [0.1, 0.15) is 37.4 Å². The van der Waals surface area contributed by atoms with E-state index >= 15 is 0 Å². The van der Waals surface area contributed by atoms with E-state index < -0.39 is 5.97 Å². The Morgan fingerprint density at radius 2 is 1.62 bits per heavy atom. The summed E-state index contributed by atoms with van der Waals surface area (Å²) in [5, 5.41) is 25.1. The van der Waals surface area contributed by atoms with E-state index in [1.807, 2.05) is 49.3 Å². The Bertz CT molecular complexity index is 1420. The summed E-state index contributed by atoms with van der Waals surface area (Å²) in [7, 11) is 3.85. The van der Waals surface area contributed by atoms with E-state index in [4.69, 9.17) is 0 Å². The molecule has 4 rings (SSSR count). The first-order valence-corrected chi connectivity index (χ1v) is 12.6. The van der Waals surface area contributed by atoms with Crippen LogP contribution in [0.5, 0.6) is 0 Å². The van der Waals surface area contributed by atoms with Crippen molar-refractivity contribution in [3.8, 4) is 0 Å². The molecule has 1 aliphatic heterocycles. The second kappa shape index (κ2) is 11.9. The third kappa shape index (κ3) is 6.17. The lowest BCUT2D eigenvalue weighted by Crippen LogP contribution is -2.38. The largest absolute Gasteiger partial charge is 0.478 e. The third-order valence-corrected chi connectivity index (χ3v) is 6.53. The van der Waals surface area contributed by atoms with E-state index in [9.17, 15) is 24.6 Å². The number of hydrogen-bond donors (Lipinski definition) is 4. The molecular weight excluding hydrogens is 496 g/mol. The molecule has 202 valence electrons. The van der Waals surface area contributed by atoms with E-state index in [-0.39, 0.29) is 30.5 Å². The number of benzene rings is 3. The number of carbonyl (C=O) groups excluding carboxylic acids is 2. The first-order chi connectivity index (χ1) is 18.7. The van der Waals surface area contributed by atoms with Crippen molar-refractivity contribution < 1.29 is 24.6 Å². The van der Waals surface area contributed by atoms with Crippen LogP contribution in [0.3, 0.4) is 0 Å².